The second kappa shape index (κ2) is 3.99. The van der Waals surface area contributed by atoms with Crippen LogP contribution in [0.3, 0.4) is 0 Å². The van der Waals surface area contributed by atoms with Crippen LogP contribution in [0.15, 0.2) is 46.7 Å². The molecule has 0 saturated heterocycles. The maximum absolute atomic E-state index is 2.24. The number of benzene rings is 1. The summed E-state index contributed by atoms with van der Waals surface area (Å²) in [7, 11) is 0. The number of hydrogen-bond donors (Lipinski definition) is 0. The Balaban J connectivity index is 2.36. The van der Waals surface area contributed by atoms with Gasteiger partial charge in [0.05, 0.1) is 0 Å². The van der Waals surface area contributed by atoms with Gasteiger partial charge in [-0.05, 0) is 17.9 Å². The fraction of sp³-hybridized carbons (Fsp3) is 0.0909. The van der Waals surface area contributed by atoms with Gasteiger partial charge in [-0.2, -0.15) is 0 Å². The van der Waals surface area contributed by atoms with Crippen LogP contribution < -0.4 is 0 Å². The zero-order valence-corrected chi connectivity index (χ0v) is 8.99. The SMILES string of the molecule is CSc1csc(-c2ccccc2)c1. The predicted octanol–water partition coefficient (Wildman–Crippen LogP) is 4.14. The van der Waals surface area contributed by atoms with Crippen LogP contribution >= 0.6 is 23.1 Å². The van der Waals surface area contributed by atoms with Crippen molar-refractivity contribution in [2.75, 3.05) is 6.26 Å². The maximum Gasteiger partial charge on any atom is 0.0354 e. The Bertz CT molecular complexity index is 376. The Hall–Kier alpha value is -0.730. The highest BCUT2D eigenvalue weighted by Gasteiger charge is 2.00. The van der Waals surface area contributed by atoms with Gasteiger partial charge in [0.25, 0.3) is 0 Å². The molecule has 1 aromatic heterocycles. The van der Waals surface area contributed by atoms with Gasteiger partial charge in [0.2, 0.25) is 0 Å². The lowest BCUT2D eigenvalue weighted by molar-refractivity contribution is 1.59. The highest BCUT2D eigenvalue weighted by molar-refractivity contribution is 7.98. The largest absolute Gasteiger partial charge is 0.143 e. The van der Waals surface area contributed by atoms with E-state index in [4.69, 9.17) is 0 Å². The Labute approximate surface area is 86.6 Å². The van der Waals surface area contributed by atoms with Crippen LogP contribution in [0.4, 0.5) is 0 Å². The van der Waals surface area contributed by atoms with Crippen molar-refractivity contribution in [1.29, 1.82) is 0 Å². The molecule has 0 aliphatic carbocycles. The zero-order chi connectivity index (χ0) is 9.10. The molecule has 13 heavy (non-hydrogen) atoms. The minimum Gasteiger partial charge on any atom is -0.143 e. The molecule has 0 nitrogen and oxygen atoms in total. The van der Waals surface area contributed by atoms with E-state index in [0.717, 1.165) is 0 Å². The summed E-state index contributed by atoms with van der Waals surface area (Å²) < 4.78 is 0. The summed E-state index contributed by atoms with van der Waals surface area (Å²) in [6.45, 7) is 0. The van der Waals surface area contributed by atoms with Gasteiger partial charge < -0.3 is 0 Å². The molecular weight excluding hydrogens is 196 g/mol. The van der Waals surface area contributed by atoms with Gasteiger partial charge in [-0.25, -0.2) is 0 Å². The molecule has 2 rings (SSSR count). The smallest absolute Gasteiger partial charge is 0.0354 e. The fourth-order valence-corrected chi connectivity index (χ4v) is 2.80. The number of hydrogen-bond acceptors (Lipinski definition) is 2. The van der Waals surface area contributed by atoms with Crippen molar-refractivity contribution in [3.05, 3.63) is 41.8 Å². The van der Waals surface area contributed by atoms with Gasteiger partial charge in [0.1, 0.15) is 0 Å². The Morgan fingerprint density at radius 1 is 1.15 bits per heavy atom. The lowest BCUT2D eigenvalue weighted by Crippen LogP contribution is -1.68. The first-order chi connectivity index (χ1) is 6.40. The molecule has 0 bridgehead atoms. The van der Waals surface area contributed by atoms with Crippen LogP contribution in [0.1, 0.15) is 0 Å². The molecule has 1 heterocycles. The quantitative estimate of drug-likeness (QED) is 0.665. The molecule has 0 amide bonds. The normalized spacial score (nSPS) is 10.2. The van der Waals surface area contributed by atoms with Gasteiger partial charge in [-0.15, -0.1) is 23.1 Å². The van der Waals surface area contributed by atoms with Crippen LogP contribution in [-0.2, 0) is 0 Å². The van der Waals surface area contributed by atoms with Crippen LogP contribution in [0.25, 0.3) is 10.4 Å². The summed E-state index contributed by atoms with van der Waals surface area (Å²) in [5, 5.41) is 2.20. The molecule has 1 aromatic carbocycles. The highest BCUT2D eigenvalue weighted by Crippen LogP contribution is 2.30. The van der Waals surface area contributed by atoms with Gasteiger partial charge in [0.15, 0.2) is 0 Å². The maximum atomic E-state index is 2.24. The second-order valence-corrected chi connectivity index (χ2v) is 4.51. The first kappa shape index (κ1) is 8.85. The van der Waals surface area contributed by atoms with E-state index in [2.05, 4.69) is 42.0 Å². The molecule has 0 spiro atoms. The Morgan fingerprint density at radius 2 is 1.92 bits per heavy atom. The van der Waals surface area contributed by atoms with E-state index in [1.807, 2.05) is 6.07 Å². The van der Waals surface area contributed by atoms with E-state index in [0.29, 0.717) is 0 Å². The molecule has 0 radical (unpaired) electrons. The number of thioether (sulfide) groups is 1. The second-order valence-electron chi connectivity index (χ2n) is 2.72. The fourth-order valence-electron chi connectivity index (χ4n) is 1.18. The van der Waals surface area contributed by atoms with E-state index in [-0.39, 0.29) is 0 Å². The molecule has 0 aliphatic heterocycles. The standard InChI is InChI=1S/C11H10S2/c1-12-10-7-11(13-8-10)9-5-3-2-4-6-9/h2-8H,1H3. The lowest BCUT2D eigenvalue weighted by Gasteiger charge is -1.93. The number of rotatable bonds is 2. The Morgan fingerprint density at radius 3 is 2.54 bits per heavy atom. The molecule has 0 atom stereocenters. The summed E-state index contributed by atoms with van der Waals surface area (Å²) in [6.07, 6.45) is 2.11. The summed E-state index contributed by atoms with van der Waals surface area (Å²) >= 11 is 3.60. The van der Waals surface area contributed by atoms with Crippen LogP contribution in [0.5, 0.6) is 0 Å². The third-order valence-electron chi connectivity index (χ3n) is 1.87. The summed E-state index contributed by atoms with van der Waals surface area (Å²) in [6, 6.07) is 12.7. The van der Waals surface area contributed by atoms with E-state index >= 15 is 0 Å². The minimum absolute atomic E-state index is 1.31. The monoisotopic (exact) mass is 206 g/mol. The molecular formula is C11H10S2. The van der Waals surface area contributed by atoms with Crippen molar-refractivity contribution in [1.82, 2.24) is 0 Å². The van der Waals surface area contributed by atoms with E-state index < -0.39 is 0 Å². The summed E-state index contributed by atoms with van der Waals surface area (Å²) in [5.74, 6) is 0. The first-order valence-corrected chi connectivity index (χ1v) is 6.18. The molecule has 0 aliphatic rings. The van der Waals surface area contributed by atoms with Gasteiger partial charge in [0, 0.05) is 15.2 Å². The van der Waals surface area contributed by atoms with Crippen LogP contribution in [-0.4, -0.2) is 6.26 Å². The van der Waals surface area contributed by atoms with Crippen molar-refractivity contribution in [2.24, 2.45) is 0 Å². The molecule has 0 N–H and O–H groups in total. The van der Waals surface area contributed by atoms with Gasteiger partial charge in [-0.3, -0.25) is 0 Å². The number of thiophene rings is 1. The van der Waals surface area contributed by atoms with E-state index in [1.165, 1.54) is 15.3 Å². The van der Waals surface area contributed by atoms with E-state index in [1.54, 1.807) is 23.1 Å². The minimum atomic E-state index is 1.31. The van der Waals surface area contributed by atoms with Crippen molar-refractivity contribution in [3.8, 4) is 10.4 Å². The molecule has 0 saturated carbocycles. The first-order valence-electron chi connectivity index (χ1n) is 4.08. The highest BCUT2D eigenvalue weighted by atomic mass is 32.2. The third kappa shape index (κ3) is 1.95. The molecule has 2 heteroatoms. The average Bonchev–Trinajstić information content (AvgIpc) is 2.67. The van der Waals surface area contributed by atoms with Gasteiger partial charge >= 0.3 is 0 Å². The molecule has 0 fully saturated rings. The molecule has 2 aromatic rings. The van der Waals surface area contributed by atoms with E-state index in [9.17, 15) is 0 Å². The predicted molar refractivity (Wildman–Crippen MR) is 61.5 cm³/mol. The topological polar surface area (TPSA) is 0 Å². The molecule has 66 valence electrons. The van der Waals surface area contributed by atoms with Crippen molar-refractivity contribution >= 4 is 23.1 Å². The average molecular weight is 206 g/mol. The zero-order valence-electron chi connectivity index (χ0n) is 7.36. The Kier molecular flexibility index (Phi) is 2.71. The van der Waals surface area contributed by atoms with Gasteiger partial charge in [-0.1, -0.05) is 30.3 Å². The van der Waals surface area contributed by atoms with Crippen molar-refractivity contribution in [2.45, 2.75) is 4.90 Å². The van der Waals surface area contributed by atoms with Crippen molar-refractivity contribution in [3.63, 3.8) is 0 Å². The van der Waals surface area contributed by atoms with Crippen LogP contribution in [0, 0.1) is 0 Å². The molecule has 0 unspecified atom stereocenters. The van der Waals surface area contributed by atoms with Crippen LogP contribution in [0.2, 0.25) is 0 Å². The summed E-state index contributed by atoms with van der Waals surface area (Å²) in [4.78, 5) is 2.70. The third-order valence-corrected chi connectivity index (χ3v) is 3.70. The summed E-state index contributed by atoms with van der Waals surface area (Å²) in [5.41, 5.74) is 1.31. The van der Waals surface area contributed by atoms with Crippen molar-refractivity contribution < 1.29 is 0 Å². The lowest BCUT2D eigenvalue weighted by atomic mass is 10.2.